The van der Waals surface area contributed by atoms with E-state index in [0.29, 0.717) is 6.54 Å². The van der Waals surface area contributed by atoms with Gasteiger partial charge in [-0.2, -0.15) is 0 Å². The van der Waals surface area contributed by atoms with E-state index in [1.165, 1.54) is 0 Å². The van der Waals surface area contributed by atoms with Crippen LogP contribution in [0.2, 0.25) is 0 Å². The summed E-state index contributed by atoms with van der Waals surface area (Å²) in [6.07, 6.45) is 0. The minimum atomic E-state index is -0.882. The molecule has 0 fully saturated rings. The van der Waals surface area contributed by atoms with Crippen molar-refractivity contribution < 1.29 is 14.7 Å². The zero-order valence-electron chi connectivity index (χ0n) is 11.8. The fourth-order valence-electron chi connectivity index (χ4n) is 2.54. The molecule has 2 N–H and O–H groups in total. The van der Waals surface area contributed by atoms with E-state index < -0.39 is 11.9 Å². The molecule has 1 heterocycles. The van der Waals surface area contributed by atoms with Gasteiger partial charge in [-0.15, -0.1) is 0 Å². The highest BCUT2D eigenvalue weighted by Crippen LogP contribution is 2.36. The van der Waals surface area contributed by atoms with Crippen LogP contribution in [0.15, 0.2) is 24.3 Å². The number of amides is 1. The summed E-state index contributed by atoms with van der Waals surface area (Å²) in [6.45, 7) is 5.49. The quantitative estimate of drug-likeness (QED) is 0.854. The topological polar surface area (TPSA) is 69.6 Å². The third-order valence-electron chi connectivity index (χ3n) is 3.65. The molecule has 0 aromatic heterocycles. The molecule has 2 unspecified atom stereocenters. The van der Waals surface area contributed by atoms with Crippen molar-refractivity contribution in [1.82, 2.24) is 5.32 Å². The zero-order valence-corrected chi connectivity index (χ0v) is 11.8. The minimum Gasteiger partial charge on any atom is -0.481 e. The number of hydrogen-bond acceptors (Lipinski definition) is 3. The Bertz CT molecular complexity index is 516. The number of carboxylic acid groups (broad SMARTS) is 1. The smallest absolute Gasteiger partial charge is 0.312 e. The first kappa shape index (κ1) is 14.5. The number of carbonyl (C=O) groups excluding carboxylic acids is 1. The van der Waals surface area contributed by atoms with Crippen LogP contribution in [-0.2, 0) is 9.59 Å². The Morgan fingerprint density at radius 1 is 1.45 bits per heavy atom. The van der Waals surface area contributed by atoms with Gasteiger partial charge in [0.2, 0.25) is 5.91 Å². The Hall–Kier alpha value is -1.88. The number of nitrogens with one attached hydrogen (secondary N) is 1. The first-order chi connectivity index (χ1) is 9.56. The predicted octanol–water partition coefficient (Wildman–Crippen LogP) is 1.45. The molecule has 0 saturated carbocycles. The number of rotatable bonds is 5. The van der Waals surface area contributed by atoms with Gasteiger partial charge in [0.1, 0.15) is 5.92 Å². The van der Waals surface area contributed by atoms with Crippen molar-refractivity contribution in [3.8, 4) is 0 Å². The summed E-state index contributed by atoms with van der Waals surface area (Å²) in [5, 5.41) is 12.4. The van der Waals surface area contributed by atoms with Gasteiger partial charge in [-0.25, -0.2) is 0 Å². The van der Waals surface area contributed by atoms with Crippen LogP contribution in [0.25, 0.3) is 0 Å². The summed E-state index contributed by atoms with van der Waals surface area (Å²) in [5.74, 6) is -1.70. The van der Waals surface area contributed by atoms with E-state index >= 15 is 0 Å². The molecule has 1 amide bonds. The first-order valence-electron chi connectivity index (χ1n) is 6.90. The number of fused-ring (bicyclic) bond motifs is 1. The van der Waals surface area contributed by atoms with E-state index in [9.17, 15) is 14.7 Å². The van der Waals surface area contributed by atoms with Gasteiger partial charge in [-0.05, 0) is 18.2 Å². The summed E-state index contributed by atoms with van der Waals surface area (Å²) < 4.78 is 0. The highest BCUT2D eigenvalue weighted by Gasteiger charge is 2.37. The van der Waals surface area contributed by atoms with Crippen LogP contribution in [0.5, 0.6) is 0 Å². The molecule has 1 aliphatic heterocycles. The van der Waals surface area contributed by atoms with E-state index in [4.69, 9.17) is 0 Å². The number of carbonyl (C=O) groups is 2. The molecule has 5 nitrogen and oxygen atoms in total. The van der Waals surface area contributed by atoms with Crippen LogP contribution in [0, 0.1) is 5.92 Å². The Balaban J connectivity index is 2.22. The minimum absolute atomic E-state index is 0.0258. The number of benzene rings is 1. The average Bonchev–Trinajstić information content (AvgIpc) is 2.83. The second kappa shape index (κ2) is 6.05. The molecule has 0 bridgehead atoms. The summed E-state index contributed by atoms with van der Waals surface area (Å²) in [4.78, 5) is 25.4. The summed E-state index contributed by atoms with van der Waals surface area (Å²) in [5.41, 5.74) is 1.46. The van der Waals surface area contributed by atoms with Crippen molar-refractivity contribution >= 4 is 17.6 Å². The highest BCUT2D eigenvalue weighted by molar-refractivity contribution is 6.00. The molecule has 0 aliphatic carbocycles. The SMILES string of the molecule is CCNCC(C)C(=O)N1CC(C(=O)O)c2ccccc21. The lowest BCUT2D eigenvalue weighted by Gasteiger charge is -2.22. The number of nitrogens with zero attached hydrogens (tertiary/aromatic N) is 1. The van der Waals surface area contributed by atoms with E-state index in [2.05, 4.69) is 5.32 Å². The molecule has 20 heavy (non-hydrogen) atoms. The van der Waals surface area contributed by atoms with Crippen LogP contribution in [0.3, 0.4) is 0 Å². The third kappa shape index (κ3) is 2.67. The van der Waals surface area contributed by atoms with Gasteiger partial charge in [0.25, 0.3) is 0 Å². The maximum Gasteiger partial charge on any atom is 0.312 e. The molecule has 2 rings (SSSR count). The monoisotopic (exact) mass is 276 g/mol. The Kier molecular flexibility index (Phi) is 4.39. The summed E-state index contributed by atoms with van der Waals surface area (Å²) in [7, 11) is 0. The van der Waals surface area contributed by atoms with Gasteiger partial charge >= 0.3 is 5.97 Å². The normalized spacial score (nSPS) is 18.7. The largest absolute Gasteiger partial charge is 0.481 e. The van der Waals surface area contributed by atoms with E-state index in [1.807, 2.05) is 32.0 Å². The van der Waals surface area contributed by atoms with Crippen LogP contribution >= 0.6 is 0 Å². The first-order valence-corrected chi connectivity index (χ1v) is 6.90. The van der Waals surface area contributed by atoms with Crippen molar-refractivity contribution in [2.45, 2.75) is 19.8 Å². The lowest BCUT2D eigenvalue weighted by molar-refractivity contribution is -0.138. The zero-order chi connectivity index (χ0) is 14.7. The van der Waals surface area contributed by atoms with Crippen LogP contribution in [-0.4, -0.2) is 36.6 Å². The van der Waals surface area contributed by atoms with Gasteiger partial charge < -0.3 is 15.3 Å². The number of aliphatic carboxylic acids is 1. The number of carboxylic acids is 1. The fourth-order valence-corrected chi connectivity index (χ4v) is 2.54. The van der Waals surface area contributed by atoms with E-state index in [1.54, 1.807) is 11.0 Å². The number of hydrogen-bond donors (Lipinski definition) is 2. The molecule has 5 heteroatoms. The number of para-hydroxylation sites is 1. The van der Waals surface area contributed by atoms with Crippen molar-refractivity contribution in [2.75, 3.05) is 24.5 Å². The van der Waals surface area contributed by atoms with Gasteiger partial charge in [0.15, 0.2) is 0 Å². The van der Waals surface area contributed by atoms with Crippen LogP contribution in [0.4, 0.5) is 5.69 Å². The molecule has 2 atom stereocenters. The van der Waals surface area contributed by atoms with Crippen molar-refractivity contribution in [1.29, 1.82) is 0 Å². The maximum atomic E-state index is 12.5. The molecular weight excluding hydrogens is 256 g/mol. The second-order valence-electron chi connectivity index (χ2n) is 5.11. The molecule has 0 spiro atoms. The molecular formula is C15H20N2O3. The lowest BCUT2D eigenvalue weighted by atomic mass is 10.0. The van der Waals surface area contributed by atoms with Gasteiger partial charge in [0.05, 0.1) is 0 Å². The predicted molar refractivity (Wildman–Crippen MR) is 76.9 cm³/mol. The molecule has 0 radical (unpaired) electrons. The molecule has 0 saturated heterocycles. The molecule has 108 valence electrons. The highest BCUT2D eigenvalue weighted by atomic mass is 16.4. The Labute approximate surface area is 118 Å². The van der Waals surface area contributed by atoms with E-state index in [-0.39, 0.29) is 18.4 Å². The molecule has 1 aromatic carbocycles. The lowest BCUT2D eigenvalue weighted by Crippen LogP contribution is -2.39. The standard InChI is InChI=1S/C15H20N2O3/c1-3-16-8-10(2)14(18)17-9-12(15(19)20)11-6-4-5-7-13(11)17/h4-7,10,12,16H,3,8-9H2,1-2H3,(H,19,20). The fraction of sp³-hybridized carbons (Fsp3) is 0.467. The van der Waals surface area contributed by atoms with Gasteiger partial charge in [-0.3, -0.25) is 9.59 Å². The van der Waals surface area contributed by atoms with Crippen molar-refractivity contribution in [2.24, 2.45) is 5.92 Å². The second-order valence-corrected chi connectivity index (χ2v) is 5.11. The van der Waals surface area contributed by atoms with Crippen LogP contribution in [0.1, 0.15) is 25.3 Å². The maximum absolute atomic E-state index is 12.5. The third-order valence-corrected chi connectivity index (χ3v) is 3.65. The van der Waals surface area contributed by atoms with Crippen molar-refractivity contribution in [3.63, 3.8) is 0 Å². The van der Waals surface area contributed by atoms with Crippen LogP contribution < -0.4 is 10.2 Å². The van der Waals surface area contributed by atoms with Gasteiger partial charge in [0, 0.05) is 24.7 Å². The Morgan fingerprint density at radius 3 is 2.80 bits per heavy atom. The Morgan fingerprint density at radius 2 is 2.15 bits per heavy atom. The summed E-state index contributed by atoms with van der Waals surface area (Å²) >= 11 is 0. The van der Waals surface area contributed by atoms with Gasteiger partial charge in [-0.1, -0.05) is 32.0 Å². The molecule has 1 aliphatic rings. The number of anilines is 1. The van der Waals surface area contributed by atoms with E-state index in [0.717, 1.165) is 17.8 Å². The molecule has 1 aromatic rings. The van der Waals surface area contributed by atoms with Crippen molar-refractivity contribution in [3.05, 3.63) is 29.8 Å². The summed E-state index contributed by atoms with van der Waals surface area (Å²) in [6, 6.07) is 7.25. The average molecular weight is 276 g/mol.